The van der Waals surface area contributed by atoms with Crippen LogP contribution in [0.3, 0.4) is 0 Å². The lowest BCUT2D eigenvalue weighted by Gasteiger charge is -2.07. The number of nitrogens with two attached hydrogens (primary N) is 1. The third kappa shape index (κ3) is 1.68. The van der Waals surface area contributed by atoms with Gasteiger partial charge >= 0.3 is 0 Å². The summed E-state index contributed by atoms with van der Waals surface area (Å²) in [5.41, 5.74) is 6.16. The number of hydrogen-bond acceptors (Lipinski definition) is 1. The van der Waals surface area contributed by atoms with Crippen LogP contribution in [0, 0.1) is 11.6 Å². The van der Waals surface area contributed by atoms with Gasteiger partial charge < -0.3 is 5.73 Å². The first-order valence-corrected chi connectivity index (χ1v) is 4.49. The Morgan fingerprint density at radius 1 is 0.800 bits per heavy atom. The van der Waals surface area contributed by atoms with E-state index >= 15 is 0 Å². The molecule has 0 fully saturated rings. The minimum atomic E-state index is -0.514. The molecule has 0 saturated heterocycles. The molecular weight excluding hydrogens is 196 g/mol. The SMILES string of the molecule is Nc1cccc(F)c1-c1ccccc1F. The number of halogens is 2. The maximum Gasteiger partial charge on any atom is 0.133 e. The summed E-state index contributed by atoms with van der Waals surface area (Å²) in [5, 5.41) is 0. The van der Waals surface area contributed by atoms with Crippen molar-refractivity contribution in [3.8, 4) is 11.1 Å². The van der Waals surface area contributed by atoms with Crippen molar-refractivity contribution in [2.75, 3.05) is 5.73 Å². The summed E-state index contributed by atoms with van der Waals surface area (Å²) in [6, 6.07) is 10.3. The smallest absolute Gasteiger partial charge is 0.133 e. The molecule has 0 saturated carbocycles. The van der Waals surface area contributed by atoms with E-state index in [1.54, 1.807) is 18.2 Å². The van der Waals surface area contributed by atoms with E-state index in [1.807, 2.05) is 0 Å². The van der Waals surface area contributed by atoms with E-state index in [0.717, 1.165) is 0 Å². The van der Waals surface area contributed by atoms with E-state index in [0.29, 0.717) is 0 Å². The van der Waals surface area contributed by atoms with Gasteiger partial charge in [-0.2, -0.15) is 0 Å². The predicted molar refractivity (Wildman–Crippen MR) is 56.2 cm³/mol. The van der Waals surface area contributed by atoms with Crippen LogP contribution in [0.2, 0.25) is 0 Å². The molecule has 0 atom stereocenters. The highest BCUT2D eigenvalue weighted by atomic mass is 19.1. The fraction of sp³-hybridized carbons (Fsp3) is 0. The number of nitrogen functional groups attached to an aromatic ring is 1. The lowest BCUT2D eigenvalue weighted by Crippen LogP contribution is -1.95. The van der Waals surface area contributed by atoms with Gasteiger partial charge in [0.2, 0.25) is 0 Å². The normalized spacial score (nSPS) is 10.3. The van der Waals surface area contributed by atoms with E-state index in [4.69, 9.17) is 5.73 Å². The summed E-state index contributed by atoms with van der Waals surface area (Å²) >= 11 is 0. The molecular formula is C12H9F2N. The van der Waals surface area contributed by atoms with Crippen molar-refractivity contribution in [2.24, 2.45) is 0 Å². The molecule has 0 heterocycles. The van der Waals surface area contributed by atoms with Crippen molar-refractivity contribution in [1.29, 1.82) is 0 Å². The van der Waals surface area contributed by atoms with Crippen molar-refractivity contribution in [2.45, 2.75) is 0 Å². The molecule has 0 aliphatic carbocycles. The molecule has 0 bridgehead atoms. The number of rotatable bonds is 1. The second-order valence-corrected chi connectivity index (χ2v) is 3.18. The van der Waals surface area contributed by atoms with Crippen LogP contribution in [0.5, 0.6) is 0 Å². The molecule has 0 amide bonds. The van der Waals surface area contributed by atoms with Gasteiger partial charge in [-0.25, -0.2) is 8.78 Å². The maximum absolute atomic E-state index is 13.5. The highest BCUT2D eigenvalue weighted by molar-refractivity contribution is 5.77. The first kappa shape index (κ1) is 9.65. The molecule has 0 aromatic heterocycles. The zero-order valence-electron chi connectivity index (χ0n) is 7.87. The molecule has 0 unspecified atom stereocenters. The Kier molecular flexibility index (Phi) is 2.37. The second-order valence-electron chi connectivity index (χ2n) is 3.18. The average Bonchev–Trinajstić information content (AvgIpc) is 2.20. The standard InChI is InChI=1S/C12H9F2N/c13-9-5-2-1-4-8(9)12-10(14)6-3-7-11(12)15/h1-7H,15H2. The third-order valence-electron chi connectivity index (χ3n) is 2.19. The molecule has 1 nitrogen and oxygen atoms in total. The Hall–Kier alpha value is -1.90. The van der Waals surface area contributed by atoms with Crippen LogP contribution < -0.4 is 5.73 Å². The second kappa shape index (κ2) is 3.69. The molecule has 76 valence electrons. The van der Waals surface area contributed by atoms with Crippen molar-refractivity contribution in [1.82, 2.24) is 0 Å². The van der Waals surface area contributed by atoms with E-state index in [-0.39, 0.29) is 16.8 Å². The topological polar surface area (TPSA) is 26.0 Å². The number of hydrogen-bond donors (Lipinski definition) is 1. The fourth-order valence-electron chi connectivity index (χ4n) is 1.49. The zero-order chi connectivity index (χ0) is 10.8. The lowest BCUT2D eigenvalue weighted by atomic mass is 10.0. The molecule has 0 aliphatic heterocycles. The molecule has 0 radical (unpaired) electrons. The van der Waals surface area contributed by atoms with Crippen LogP contribution in [-0.2, 0) is 0 Å². The molecule has 3 heteroatoms. The molecule has 2 aromatic carbocycles. The zero-order valence-corrected chi connectivity index (χ0v) is 7.87. The molecule has 2 N–H and O–H groups in total. The van der Waals surface area contributed by atoms with Crippen molar-refractivity contribution in [3.63, 3.8) is 0 Å². The molecule has 0 aliphatic rings. The Labute approximate surface area is 86.2 Å². The van der Waals surface area contributed by atoms with Gasteiger partial charge in [-0.05, 0) is 18.2 Å². The third-order valence-corrected chi connectivity index (χ3v) is 2.19. The van der Waals surface area contributed by atoms with Crippen LogP contribution in [0.4, 0.5) is 14.5 Å². The van der Waals surface area contributed by atoms with Gasteiger partial charge in [-0.1, -0.05) is 24.3 Å². The Morgan fingerprint density at radius 2 is 1.47 bits per heavy atom. The first-order chi connectivity index (χ1) is 7.20. The van der Waals surface area contributed by atoms with Crippen LogP contribution in [0.15, 0.2) is 42.5 Å². The van der Waals surface area contributed by atoms with Crippen molar-refractivity contribution >= 4 is 5.69 Å². The van der Waals surface area contributed by atoms with Gasteiger partial charge in [0.1, 0.15) is 11.6 Å². The summed E-state index contributed by atoms with van der Waals surface area (Å²) in [6.07, 6.45) is 0. The predicted octanol–water partition coefficient (Wildman–Crippen LogP) is 3.21. The molecule has 2 rings (SSSR count). The number of anilines is 1. The molecule has 15 heavy (non-hydrogen) atoms. The van der Waals surface area contributed by atoms with E-state index in [1.165, 1.54) is 24.3 Å². The largest absolute Gasteiger partial charge is 0.398 e. The van der Waals surface area contributed by atoms with E-state index < -0.39 is 11.6 Å². The summed E-state index contributed by atoms with van der Waals surface area (Å²) in [4.78, 5) is 0. The monoisotopic (exact) mass is 205 g/mol. The Balaban J connectivity index is 2.69. The Morgan fingerprint density at radius 3 is 2.13 bits per heavy atom. The lowest BCUT2D eigenvalue weighted by molar-refractivity contribution is 0.617. The van der Waals surface area contributed by atoms with Crippen LogP contribution in [-0.4, -0.2) is 0 Å². The summed E-state index contributed by atoms with van der Waals surface area (Å²) in [6.45, 7) is 0. The number of benzene rings is 2. The molecule has 2 aromatic rings. The van der Waals surface area contributed by atoms with Gasteiger partial charge in [0.15, 0.2) is 0 Å². The average molecular weight is 205 g/mol. The minimum absolute atomic E-state index is 0.121. The fourth-order valence-corrected chi connectivity index (χ4v) is 1.49. The quantitative estimate of drug-likeness (QED) is 0.711. The van der Waals surface area contributed by atoms with Crippen LogP contribution in [0.1, 0.15) is 0 Å². The van der Waals surface area contributed by atoms with Gasteiger partial charge in [-0.3, -0.25) is 0 Å². The van der Waals surface area contributed by atoms with Gasteiger partial charge in [0.25, 0.3) is 0 Å². The minimum Gasteiger partial charge on any atom is -0.398 e. The summed E-state index contributed by atoms with van der Waals surface area (Å²) in [7, 11) is 0. The van der Waals surface area contributed by atoms with Crippen molar-refractivity contribution in [3.05, 3.63) is 54.1 Å². The van der Waals surface area contributed by atoms with Crippen LogP contribution in [0.25, 0.3) is 11.1 Å². The summed E-state index contributed by atoms with van der Waals surface area (Å²) < 4.78 is 26.9. The maximum atomic E-state index is 13.5. The highest BCUT2D eigenvalue weighted by Gasteiger charge is 2.11. The van der Waals surface area contributed by atoms with E-state index in [2.05, 4.69) is 0 Å². The van der Waals surface area contributed by atoms with Gasteiger partial charge in [0.05, 0.1) is 0 Å². The highest BCUT2D eigenvalue weighted by Crippen LogP contribution is 2.30. The molecule has 0 spiro atoms. The first-order valence-electron chi connectivity index (χ1n) is 4.49. The van der Waals surface area contributed by atoms with Crippen LogP contribution >= 0.6 is 0 Å². The summed E-state index contributed by atoms with van der Waals surface area (Å²) in [5.74, 6) is -0.991. The van der Waals surface area contributed by atoms with Crippen molar-refractivity contribution < 1.29 is 8.78 Å². The van der Waals surface area contributed by atoms with E-state index in [9.17, 15) is 8.78 Å². The van der Waals surface area contributed by atoms with Gasteiger partial charge in [-0.15, -0.1) is 0 Å². The van der Waals surface area contributed by atoms with Gasteiger partial charge in [0, 0.05) is 16.8 Å². The Bertz CT molecular complexity index is 474.